The zero-order chi connectivity index (χ0) is 45.9. The van der Waals surface area contributed by atoms with Crippen molar-refractivity contribution in [3.05, 3.63) is 128 Å². The molecule has 0 spiro atoms. The van der Waals surface area contributed by atoms with Crippen molar-refractivity contribution < 1.29 is 33.7 Å². The lowest BCUT2D eigenvalue weighted by molar-refractivity contribution is -0.142. The van der Waals surface area contributed by atoms with Crippen LogP contribution in [0.3, 0.4) is 0 Å². The lowest BCUT2D eigenvalue weighted by Crippen LogP contribution is -2.40. The number of nitrogens with zero attached hydrogens (tertiary/aromatic N) is 4. The first-order chi connectivity index (χ1) is 31.6. The first-order valence-corrected chi connectivity index (χ1v) is 23.9. The number of rotatable bonds is 11. The van der Waals surface area contributed by atoms with Gasteiger partial charge in [0.2, 0.25) is 0 Å². The van der Waals surface area contributed by atoms with E-state index in [0.717, 1.165) is 71.3 Å². The first kappa shape index (κ1) is 52.7. The van der Waals surface area contributed by atoms with Crippen LogP contribution in [0.4, 0.5) is 9.59 Å². The smallest absolute Gasteiger partial charge is 0.409 e. The van der Waals surface area contributed by atoms with E-state index in [1.165, 1.54) is 16.7 Å². The topological polar surface area (TPSA) is 131 Å². The number of hydrogen-bond acceptors (Lipinski definition) is 9. The molecule has 1 N–H and O–H groups in total. The van der Waals surface area contributed by atoms with Crippen molar-refractivity contribution in [2.45, 2.75) is 98.8 Å². The SMILES string of the molecule is C.C.CCOC(=O)CCC1=Cc2cccnc2C(C2CCN(C(=O)OCC)CC2)c2ccc(Cl)cc21.CCOC(=O)N1CCC(C2c3ccc(Cl)cc3C(CCCO)=Cc3cccnc32)CC1. The summed E-state index contributed by atoms with van der Waals surface area (Å²) in [6.07, 6.45) is 13.5. The fourth-order valence-corrected chi connectivity index (χ4v) is 10.3. The molecule has 2 amide bonds. The molecule has 2 aromatic carbocycles. The van der Waals surface area contributed by atoms with Gasteiger partial charge in [-0.1, -0.05) is 62.3 Å². The molecule has 0 radical (unpaired) electrons. The minimum Gasteiger partial charge on any atom is -0.466 e. The standard InChI is InChI=1S/C27H31ClN2O4.C25H29ClN2O3.2CH4/c1-3-33-24(31)10-7-19-16-20-6-5-13-29-26(20)25(22-9-8-21(28)17-23(19)22)18-11-14-30(15-12-18)27(32)34-4-2;1-2-31-25(30)28-12-9-17(10-13-28)23-21-8-7-20(26)16-22(21)18(6-4-14-29)15-19-5-3-11-27-24(19)23;;/h5-6,8-9,13,16-18,25H,3-4,7,10-12,14-15H2,1-2H3;3,5,7-8,11,15-17,23,29H,2,4,6,9-10,12-14H2,1H3;2*1H4. The molecular weight excluding hydrogens is 888 g/mol. The van der Waals surface area contributed by atoms with Crippen LogP contribution in [0.2, 0.25) is 10.0 Å². The first-order valence-electron chi connectivity index (χ1n) is 23.1. The second-order valence-corrected chi connectivity index (χ2v) is 17.8. The van der Waals surface area contributed by atoms with Crippen molar-refractivity contribution >= 4 is 64.7 Å². The van der Waals surface area contributed by atoms with Crippen molar-refractivity contribution in [2.24, 2.45) is 11.8 Å². The summed E-state index contributed by atoms with van der Waals surface area (Å²) in [6.45, 7) is 9.49. The lowest BCUT2D eigenvalue weighted by Gasteiger charge is -2.36. The van der Waals surface area contributed by atoms with Gasteiger partial charge in [0, 0.05) is 73.5 Å². The summed E-state index contributed by atoms with van der Waals surface area (Å²) in [5, 5.41) is 10.8. The fraction of sp³-hybridized carbons (Fsp3) is 0.463. The molecule has 2 aliphatic carbocycles. The number of aliphatic hydroxyl groups excluding tert-OH is 1. The minimum atomic E-state index is -0.240. The van der Waals surface area contributed by atoms with E-state index in [4.69, 9.17) is 47.4 Å². The van der Waals surface area contributed by atoms with E-state index < -0.39 is 0 Å². The molecule has 2 fully saturated rings. The number of hydrogen-bond donors (Lipinski definition) is 1. The third-order valence-electron chi connectivity index (χ3n) is 13.0. The highest BCUT2D eigenvalue weighted by molar-refractivity contribution is 6.31. The number of esters is 1. The van der Waals surface area contributed by atoms with E-state index in [9.17, 15) is 19.5 Å². The molecule has 2 unspecified atom stereocenters. The van der Waals surface area contributed by atoms with E-state index in [-0.39, 0.29) is 51.5 Å². The number of aliphatic hydroxyl groups is 1. The van der Waals surface area contributed by atoms with Gasteiger partial charge < -0.3 is 29.1 Å². The molecule has 2 atom stereocenters. The van der Waals surface area contributed by atoms with Crippen LogP contribution < -0.4 is 0 Å². The van der Waals surface area contributed by atoms with Gasteiger partial charge in [0.15, 0.2) is 0 Å². The number of ether oxygens (including phenoxy) is 3. The van der Waals surface area contributed by atoms with Gasteiger partial charge >= 0.3 is 18.2 Å². The summed E-state index contributed by atoms with van der Waals surface area (Å²) in [7, 11) is 0. The number of benzene rings is 2. The van der Waals surface area contributed by atoms with E-state index in [0.29, 0.717) is 87.1 Å². The number of carbonyl (C=O) groups is 3. The summed E-state index contributed by atoms with van der Waals surface area (Å²) >= 11 is 12.9. The number of amides is 2. The Kier molecular flexibility index (Phi) is 19.9. The quantitative estimate of drug-likeness (QED) is 0.115. The summed E-state index contributed by atoms with van der Waals surface area (Å²) in [6, 6.07) is 20.3. The molecule has 4 aliphatic rings. The van der Waals surface area contributed by atoms with Crippen LogP contribution in [0.15, 0.2) is 73.1 Å². The predicted octanol–water partition coefficient (Wildman–Crippen LogP) is 12.6. The average Bonchev–Trinajstić information content (AvgIpc) is 3.54. The van der Waals surface area contributed by atoms with E-state index in [2.05, 4.69) is 36.4 Å². The number of piperidine rings is 2. The van der Waals surface area contributed by atoms with Gasteiger partial charge in [-0.05, 0) is 171 Å². The molecule has 0 bridgehead atoms. The minimum absolute atomic E-state index is 0. The molecule has 0 saturated carbocycles. The number of halogens is 2. The number of fused-ring (bicyclic) bond motifs is 4. The lowest BCUT2D eigenvalue weighted by atomic mass is 9.76. The third kappa shape index (κ3) is 12.7. The monoisotopic (exact) mass is 954 g/mol. The zero-order valence-electron chi connectivity index (χ0n) is 37.6. The van der Waals surface area contributed by atoms with Crippen LogP contribution in [0.1, 0.15) is 144 Å². The molecule has 11 nitrogen and oxygen atoms in total. The highest BCUT2D eigenvalue weighted by Gasteiger charge is 2.37. The van der Waals surface area contributed by atoms with E-state index in [1.54, 1.807) is 4.90 Å². The fourth-order valence-electron chi connectivity index (χ4n) is 9.97. The van der Waals surface area contributed by atoms with E-state index >= 15 is 0 Å². The van der Waals surface area contributed by atoms with Gasteiger partial charge in [-0.3, -0.25) is 14.8 Å². The Morgan fingerprint density at radius 3 is 1.49 bits per heavy atom. The van der Waals surface area contributed by atoms with Crippen molar-refractivity contribution in [1.82, 2.24) is 19.8 Å². The largest absolute Gasteiger partial charge is 0.466 e. The number of pyridine rings is 2. The molecule has 67 heavy (non-hydrogen) atoms. The van der Waals surface area contributed by atoms with Crippen LogP contribution >= 0.6 is 23.2 Å². The summed E-state index contributed by atoms with van der Waals surface area (Å²) in [4.78, 5) is 49.7. The molecule has 13 heteroatoms. The van der Waals surface area contributed by atoms with Gasteiger partial charge in [-0.25, -0.2) is 9.59 Å². The van der Waals surface area contributed by atoms with Crippen molar-refractivity contribution in [3.63, 3.8) is 0 Å². The normalized spacial score (nSPS) is 17.6. The Labute approximate surface area is 407 Å². The number of allylic oxidation sites excluding steroid dienone is 2. The maximum atomic E-state index is 12.2. The zero-order valence-corrected chi connectivity index (χ0v) is 39.2. The molecule has 4 heterocycles. The Morgan fingerprint density at radius 2 is 1.07 bits per heavy atom. The molecule has 2 aromatic heterocycles. The van der Waals surface area contributed by atoms with Crippen LogP contribution in [-0.2, 0) is 19.0 Å². The number of likely N-dealkylation sites (tertiary alicyclic amines) is 2. The van der Waals surface area contributed by atoms with Gasteiger partial charge in [-0.2, -0.15) is 0 Å². The maximum absolute atomic E-state index is 12.2. The Bertz CT molecular complexity index is 2370. The van der Waals surface area contributed by atoms with Gasteiger partial charge in [0.05, 0.1) is 31.2 Å². The summed E-state index contributed by atoms with van der Waals surface area (Å²) in [5.74, 6) is 0.687. The summed E-state index contributed by atoms with van der Waals surface area (Å²) in [5.41, 5.74) is 11.2. The van der Waals surface area contributed by atoms with E-state index in [1.807, 2.05) is 74.5 Å². The second-order valence-electron chi connectivity index (χ2n) is 16.9. The molecule has 2 aliphatic heterocycles. The van der Waals surface area contributed by atoms with Crippen LogP contribution in [0.5, 0.6) is 0 Å². The molecule has 4 aromatic rings. The Hall–Kier alpha value is -5.23. The van der Waals surface area contributed by atoms with Crippen molar-refractivity contribution in [2.75, 3.05) is 52.6 Å². The van der Waals surface area contributed by atoms with Crippen LogP contribution in [-0.4, -0.2) is 95.6 Å². The Balaban J connectivity index is 0.000000244. The van der Waals surface area contributed by atoms with Crippen molar-refractivity contribution in [3.8, 4) is 0 Å². The van der Waals surface area contributed by atoms with Crippen LogP contribution in [0.25, 0.3) is 23.3 Å². The molecule has 8 rings (SSSR count). The average molecular weight is 956 g/mol. The van der Waals surface area contributed by atoms with Gasteiger partial charge in [0.1, 0.15) is 0 Å². The molecule has 2 saturated heterocycles. The second kappa shape index (κ2) is 25.2. The number of aromatic nitrogens is 2. The van der Waals surface area contributed by atoms with Gasteiger partial charge in [-0.15, -0.1) is 0 Å². The highest BCUT2D eigenvalue weighted by atomic mass is 35.5. The molecular formula is C54H68Cl2N4O7. The predicted molar refractivity (Wildman–Crippen MR) is 269 cm³/mol. The van der Waals surface area contributed by atoms with Crippen molar-refractivity contribution in [1.29, 1.82) is 0 Å². The number of carbonyl (C=O) groups excluding carboxylic acids is 3. The molecule has 360 valence electrons. The van der Waals surface area contributed by atoms with Gasteiger partial charge in [0.25, 0.3) is 0 Å². The third-order valence-corrected chi connectivity index (χ3v) is 13.4. The van der Waals surface area contributed by atoms with Crippen LogP contribution in [0, 0.1) is 11.8 Å². The highest BCUT2D eigenvalue weighted by Crippen LogP contribution is 2.47. The maximum Gasteiger partial charge on any atom is 0.409 e. The summed E-state index contributed by atoms with van der Waals surface area (Å²) < 4.78 is 15.6. The Morgan fingerprint density at radius 1 is 0.642 bits per heavy atom.